The maximum atomic E-state index is 5.38. The maximum absolute atomic E-state index is 5.38. The van der Waals surface area contributed by atoms with Crippen molar-refractivity contribution in [2.75, 3.05) is 27.2 Å². The summed E-state index contributed by atoms with van der Waals surface area (Å²) >= 11 is 0. The van der Waals surface area contributed by atoms with Gasteiger partial charge in [0.15, 0.2) is 0 Å². The third-order valence-corrected chi connectivity index (χ3v) is 10.3. The van der Waals surface area contributed by atoms with Crippen molar-refractivity contribution in [3.05, 3.63) is 18.0 Å². The van der Waals surface area contributed by atoms with Crippen molar-refractivity contribution in [2.24, 2.45) is 0 Å². The van der Waals surface area contributed by atoms with Crippen molar-refractivity contribution in [3.63, 3.8) is 0 Å². The number of piperidine rings is 2. The minimum absolute atomic E-state index is 0.0910. The lowest BCUT2D eigenvalue weighted by Crippen LogP contribution is -2.67. The Morgan fingerprint density at radius 3 is 1.42 bits per heavy atom. The zero-order valence-corrected chi connectivity index (χ0v) is 26.8. The molecule has 1 aromatic heterocycles. The van der Waals surface area contributed by atoms with Gasteiger partial charge in [-0.05, 0) is 108 Å². The molecule has 7 heteroatoms. The molecule has 38 heavy (non-hydrogen) atoms. The van der Waals surface area contributed by atoms with E-state index >= 15 is 0 Å². The number of unbranched alkanes of at least 4 members (excludes halogenated alkanes) is 2. The normalized spacial score (nSPS) is 30.8. The fraction of sp³-hybridized carbons (Fsp3) is 0.903. The second-order valence-corrected chi connectivity index (χ2v) is 14.4. The highest BCUT2D eigenvalue weighted by molar-refractivity contribution is 5.22. The average molecular weight is 530 g/mol. The smallest absolute Gasteiger partial charge is 0.138 e. The maximum Gasteiger partial charge on any atom is 0.138 e. The van der Waals surface area contributed by atoms with E-state index in [0.29, 0.717) is 12.1 Å². The van der Waals surface area contributed by atoms with Gasteiger partial charge in [0.05, 0.1) is 11.8 Å². The Hall–Kier alpha value is -1.15. The van der Waals surface area contributed by atoms with Crippen LogP contribution in [0.25, 0.3) is 0 Å². The molecular formula is C31H59N7. The van der Waals surface area contributed by atoms with Crippen LogP contribution >= 0.6 is 0 Å². The van der Waals surface area contributed by atoms with E-state index < -0.39 is 0 Å². The van der Waals surface area contributed by atoms with Crippen LogP contribution in [-0.2, 0) is 0 Å². The molecule has 0 bridgehead atoms. The van der Waals surface area contributed by atoms with E-state index in [0.717, 1.165) is 37.6 Å². The molecule has 0 amide bonds. The molecule has 4 atom stereocenters. The number of aromatic nitrogens is 3. The Kier molecular flexibility index (Phi) is 9.71. The van der Waals surface area contributed by atoms with Crippen molar-refractivity contribution >= 4 is 0 Å². The average Bonchev–Trinajstić information content (AvgIpc) is 2.81. The Morgan fingerprint density at radius 2 is 1.08 bits per heavy atom. The van der Waals surface area contributed by atoms with Crippen molar-refractivity contribution in [1.82, 2.24) is 35.4 Å². The fourth-order valence-corrected chi connectivity index (χ4v) is 7.47. The van der Waals surface area contributed by atoms with E-state index in [2.05, 4.69) is 104 Å². The first kappa shape index (κ1) is 31.4. The Balaban J connectivity index is 2.05. The summed E-state index contributed by atoms with van der Waals surface area (Å²) in [6.07, 6.45) is 8.68. The van der Waals surface area contributed by atoms with Crippen LogP contribution in [0.5, 0.6) is 0 Å². The van der Waals surface area contributed by atoms with Crippen LogP contribution in [0.15, 0.2) is 6.33 Å². The number of hydrogen-bond acceptors (Lipinski definition) is 7. The molecule has 2 fully saturated rings. The Morgan fingerprint density at radius 1 is 0.711 bits per heavy atom. The van der Waals surface area contributed by atoms with Crippen LogP contribution in [0, 0.1) is 0 Å². The van der Waals surface area contributed by atoms with Gasteiger partial charge in [0.25, 0.3) is 0 Å². The predicted molar refractivity (Wildman–Crippen MR) is 160 cm³/mol. The summed E-state index contributed by atoms with van der Waals surface area (Å²) < 4.78 is 0. The number of hydrogen-bond donors (Lipinski definition) is 2. The zero-order valence-electron chi connectivity index (χ0n) is 26.8. The van der Waals surface area contributed by atoms with Gasteiger partial charge in [-0.2, -0.15) is 0 Å². The standard InChI is InChI=1S/C31H59N7/c1-13-15-17-32-22-19-28(3,4)37(11)30(7,8)24(22)26-34-21-35-27(36-26)25-23(33-18-16-14-2)20-29(5,6)38(12)31(25,9)10/h21-25,32-33H,13-20H2,1-12H3. The highest BCUT2D eigenvalue weighted by atomic mass is 15.3. The molecule has 218 valence electrons. The van der Waals surface area contributed by atoms with Crippen LogP contribution in [0.3, 0.4) is 0 Å². The molecule has 0 aliphatic carbocycles. The topological polar surface area (TPSA) is 69.2 Å². The van der Waals surface area contributed by atoms with Gasteiger partial charge in [-0.15, -0.1) is 0 Å². The van der Waals surface area contributed by atoms with Gasteiger partial charge in [0, 0.05) is 34.2 Å². The molecule has 3 rings (SSSR count). The van der Waals surface area contributed by atoms with Crippen LogP contribution in [0.2, 0.25) is 0 Å². The SMILES string of the molecule is CCCCNC1CC(C)(C)N(C)C(C)(C)C1c1ncnc(C2C(NCCCC)CC(C)(C)N(C)C2(C)C)n1. The van der Waals surface area contributed by atoms with Crippen molar-refractivity contribution in [1.29, 1.82) is 0 Å². The van der Waals surface area contributed by atoms with E-state index in [1.807, 2.05) is 0 Å². The molecule has 2 aliphatic rings. The van der Waals surface area contributed by atoms with Gasteiger partial charge in [0.2, 0.25) is 0 Å². The van der Waals surface area contributed by atoms with Gasteiger partial charge in [-0.3, -0.25) is 9.80 Å². The van der Waals surface area contributed by atoms with E-state index in [-0.39, 0.29) is 34.0 Å². The Bertz CT molecular complexity index is 840. The van der Waals surface area contributed by atoms with Gasteiger partial charge < -0.3 is 10.6 Å². The second-order valence-electron chi connectivity index (χ2n) is 14.4. The van der Waals surface area contributed by atoms with E-state index in [9.17, 15) is 0 Å². The predicted octanol–water partition coefficient (Wildman–Crippen LogP) is 5.34. The van der Waals surface area contributed by atoms with Crippen molar-refractivity contribution in [2.45, 2.75) is 154 Å². The molecule has 0 saturated carbocycles. The molecule has 7 nitrogen and oxygen atoms in total. The third-order valence-electron chi connectivity index (χ3n) is 10.3. The van der Waals surface area contributed by atoms with Crippen LogP contribution in [0.1, 0.15) is 131 Å². The summed E-state index contributed by atoms with van der Waals surface area (Å²) in [4.78, 5) is 20.2. The van der Waals surface area contributed by atoms with Crippen LogP contribution in [0.4, 0.5) is 0 Å². The summed E-state index contributed by atoms with van der Waals surface area (Å²) in [5.74, 6) is 2.22. The molecule has 0 aromatic carbocycles. The molecule has 1 aromatic rings. The summed E-state index contributed by atoms with van der Waals surface area (Å²) in [6.45, 7) is 25.5. The second kappa shape index (κ2) is 11.8. The molecular weight excluding hydrogens is 470 g/mol. The van der Waals surface area contributed by atoms with Gasteiger partial charge >= 0.3 is 0 Å². The minimum atomic E-state index is -0.107. The van der Waals surface area contributed by atoms with Crippen molar-refractivity contribution < 1.29 is 0 Å². The molecule has 3 heterocycles. The van der Waals surface area contributed by atoms with E-state index in [4.69, 9.17) is 15.0 Å². The zero-order chi connectivity index (χ0) is 28.5. The summed E-state index contributed by atoms with van der Waals surface area (Å²) in [5, 5.41) is 7.86. The summed E-state index contributed by atoms with van der Waals surface area (Å²) in [7, 11) is 4.54. The number of likely N-dealkylation sites (tertiary alicyclic amines) is 2. The lowest BCUT2D eigenvalue weighted by molar-refractivity contribution is -0.0411. The quantitative estimate of drug-likeness (QED) is 0.397. The van der Waals surface area contributed by atoms with Crippen molar-refractivity contribution in [3.8, 4) is 0 Å². The largest absolute Gasteiger partial charge is 0.313 e. The lowest BCUT2D eigenvalue weighted by atomic mass is 9.68. The van der Waals surface area contributed by atoms with E-state index in [1.165, 1.54) is 25.7 Å². The molecule has 2 N–H and O–H groups in total. The first-order valence-electron chi connectivity index (χ1n) is 15.2. The van der Waals surface area contributed by atoms with Crippen LogP contribution in [-0.4, -0.2) is 86.2 Å². The van der Waals surface area contributed by atoms with Crippen LogP contribution < -0.4 is 10.6 Å². The summed E-state index contributed by atoms with van der Waals surface area (Å²) in [6, 6.07) is 0.634. The van der Waals surface area contributed by atoms with Gasteiger partial charge in [0.1, 0.15) is 18.0 Å². The monoisotopic (exact) mass is 529 g/mol. The van der Waals surface area contributed by atoms with Gasteiger partial charge in [-0.1, -0.05) is 26.7 Å². The molecule has 2 aliphatic heterocycles. The first-order chi connectivity index (χ1) is 17.6. The molecule has 4 unspecified atom stereocenters. The molecule has 2 saturated heterocycles. The Labute approximate surface area is 234 Å². The third kappa shape index (κ3) is 6.11. The lowest BCUT2D eigenvalue weighted by Gasteiger charge is -2.58. The number of likely N-dealkylation sites (N-methyl/N-ethyl adjacent to an activating group) is 2. The summed E-state index contributed by atoms with van der Waals surface area (Å²) in [5.41, 5.74) is -0.0326. The van der Waals surface area contributed by atoms with E-state index in [1.54, 1.807) is 6.33 Å². The highest BCUT2D eigenvalue weighted by Crippen LogP contribution is 2.47. The molecule has 0 spiro atoms. The highest BCUT2D eigenvalue weighted by Gasteiger charge is 2.54. The van der Waals surface area contributed by atoms with Gasteiger partial charge in [-0.25, -0.2) is 15.0 Å². The fourth-order valence-electron chi connectivity index (χ4n) is 7.47. The molecule has 0 radical (unpaired) electrons. The minimum Gasteiger partial charge on any atom is -0.313 e. The number of nitrogens with zero attached hydrogens (tertiary/aromatic N) is 5. The number of rotatable bonds is 10. The first-order valence-corrected chi connectivity index (χ1v) is 15.2. The number of nitrogens with one attached hydrogen (secondary N) is 2.